The smallest absolute Gasteiger partial charge is 0.0685 e. The third-order valence-electron chi connectivity index (χ3n) is 3.72. The molecule has 4 aromatic rings. The van der Waals surface area contributed by atoms with E-state index in [0.717, 1.165) is 10.9 Å². The number of rotatable bonds is 1. The molecular formula is C17H13N3. The number of pyridine rings is 1. The first kappa shape index (κ1) is 11.2. The maximum atomic E-state index is 4.29. The predicted octanol–water partition coefficient (Wildman–Crippen LogP) is 3.79. The van der Waals surface area contributed by atoms with E-state index in [9.17, 15) is 0 Å². The zero-order valence-electron chi connectivity index (χ0n) is 11.1. The van der Waals surface area contributed by atoms with Crippen molar-refractivity contribution in [2.45, 2.75) is 0 Å². The molecule has 0 atom stereocenters. The van der Waals surface area contributed by atoms with Gasteiger partial charge in [-0.05, 0) is 34.7 Å². The van der Waals surface area contributed by atoms with Crippen molar-refractivity contribution in [3.8, 4) is 11.1 Å². The summed E-state index contributed by atoms with van der Waals surface area (Å²) in [5.41, 5.74) is 3.55. The molecule has 96 valence electrons. The number of aryl methyl sites for hydroxylation is 1. The van der Waals surface area contributed by atoms with Gasteiger partial charge in [-0.15, -0.1) is 0 Å². The molecule has 0 unspecified atom stereocenters. The Morgan fingerprint density at radius 3 is 2.50 bits per heavy atom. The lowest BCUT2D eigenvalue weighted by Crippen LogP contribution is -1.89. The molecule has 4 rings (SSSR count). The summed E-state index contributed by atoms with van der Waals surface area (Å²) in [6, 6.07) is 14.9. The molecule has 3 nitrogen and oxygen atoms in total. The molecule has 0 aliphatic carbocycles. The largest absolute Gasteiger partial charge is 0.268 e. The second kappa shape index (κ2) is 4.17. The van der Waals surface area contributed by atoms with Crippen molar-refractivity contribution in [3.05, 3.63) is 61.1 Å². The quantitative estimate of drug-likeness (QED) is 0.520. The van der Waals surface area contributed by atoms with Gasteiger partial charge in [0.2, 0.25) is 0 Å². The van der Waals surface area contributed by atoms with Crippen LogP contribution in [0, 0.1) is 0 Å². The molecule has 0 spiro atoms. The summed E-state index contributed by atoms with van der Waals surface area (Å²) < 4.78 is 1.90. The van der Waals surface area contributed by atoms with Crippen molar-refractivity contribution in [2.75, 3.05) is 0 Å². The van der Waals surface area contributed by atoms with Crippen LogP contribution in [0.1, 0.15) is 0 Å². The fourth-order valence-corrected chi connectivity index (χ4v) is 2.59. The minimum Gasteiger partial charge on any atom is -0.268 e. The van der Waals surface area contributed by atoms with Crippen LogP contribution >= 0.6 is 0 Å². The van der Waals surface area contributed by atoms with Crippen molar-refractivity contribution in [1.82, 2.24) is 14.8 Å². The van der Waals surface area contributed by atoms with Gasteiger partial charge in [-0.3, -0.25) is 9.67 Å². The van der Waals surface area contributed by atoms with E-state index in [2.05, 4.69) is 46.5 Å². The number of benzene rings is 2. The molecule has 0 fully saturated rings. The molecule has 20 heavy (non-hydrogen) atoms. The molecule has 0 radical (unpaired) electrons. The van der Waals surface area contributed by atoms with Crippen LogP contribution in [0.2, 0.25) is 0 Å². The SMILES string of the molecule is Cn1ncc2ccc(-c3ccc4ccncc4c3)cc21. The second-order valence-electron chi connectivity index (χ2n) is 4.98. The monoisotopic (exact) mass is 259 g/mol. The highest BCUT2D eigenvalue weighted by molar-refractivity contribution is 5.89. The molecule has 0 aliphatic heterocycles. The minimum absolute atomic E-state index is 1.15. The zero-order valence-corrected chi connectivity index (χ0v) is 11.1. The third kappa shape index (κ3) is 1.67. The first-order chi connectivity index (χ1) is 9.81. The number of hydrogen-bond donors (Lipinski definition) is 0. The molecule has 2 heterocycles. The zero-order chi connectivity index (χ0) is 13.5. The summed E-state index contributed by atoms with van der Waals surface area (Å²) in [5.74, 6) is 0. The van der Waals surface area contributed by atoms with Crippen LogP contribution in [-0.2, 0) is 7.05 Å². The van der Waals surface area contributed by atoms with Gasteiger partial charge >= 0.3 is 0 Å². The van der Waals surface area contributed by atoms with Crippen molar-refractivity contribution in [2.24, 2.45) is 7.05 Å². The molecule has 2 aromatic heterocycles. The highest BCUT2D eigenvalue weighted by Crippen LogP contribution is 2.26. The molecule has 0 bridgehead atoms. The Balaban J connectivity index is 1.93. The van der Waals surface area contributed by atoms with Crippen molar-refractivity contribution < 1.29 is 0 Å². The van der Waals surface area contributed by atoms with Gasteiger partial charge in [-0.1, -0.05) is 24.3 Å². The fourth-order valence-electron chi connectivity index (χ4n) is 2.59. The fraction of sp³-hybridized carbons (Fsp3) is 0.0588. The summed E-state index contributed by atoms with van der Waals surface area (Å²) in [4.78, 5) is 4.19. The van der Waals surface area contributed by atoms with E-state index in [4.69, 9.17) is 0 Å². The molecule has 0 amide bonds. The number of aromatic nitrogens is 3. The van der Waals surface area contributed by atoms with Crippen molar-refractivity contribution in [3.63, 3.8) is 0 Å². The van der Waals surface area contributed by atoms with E-state index in [-0.39, 0.29) is 0 Å². The van der Waals surface area contributed by atoms with E-state index in [1.165, 1.54) is 21.9 Å². The topological polar surface area (TPSA) is 30.7 Å². The van der Waals surface area contributed by atoms with Gasteiger partial charge in [0.1, 0.15) is 0 Å². The highest BCUT2D eigenvalue weighted by atomic mass is 15.2. The van der Waals surface area contributed by atoms with Crippen LogP contribution in [0.3, 0.4) is 0 Å². The predicted molar refractivity (Wildman–Crippen MR) is 81.5 cm³/mol. The molecule has 0 saturated heterocycles. The lowest BCUT2D eigenvalue weighted by molar-refractivity contribution is 0.797. The average Bonchev–Trinajstić information content (AvgIpc) is 2.88. The van der Waals surface area contributed by atoms with E-state index in [1.807, 2.05) is 36.4 Å². The Morgan fingerprint density at radius 1 is 0.800 bits per heavy atom. The Labute approximate surface area is 116 Å². The minimum atomic E-state index is 1.15. The Bertz CT molecular complexity index is 922. The molecule has 3 heteroatoms. The van der Waals surface area contributed by atoms with Crippen molar-refractivity contribution >= 4 is 21.7 Å². The molecule has 2 aromatic carbocycles. The number of fused-ring (bicyclic) bond motifs is 2. The summed E-state index contributed by atoms with van der Waals surface area (Å²) in [6.07, 6.45) is 5.62. The Kier molecular flexibility index (Phi) is 2.33. The van der Waals surface area contributed by atoms with Gasteiger partial charge in [0.15, 0.2) is 0 Å². The number of nitrogens with zero attached hydrogens (tertiary/aromatic N) is 3. The van der Waals surface area contributed by atoms with Gasteiger partial charge < -0.3 is 0 Å². The first-order valence-corrected chi connectivity index (χ1v) is 6.57. The second-order valence-corrected chi connectivity index (χ2v) is 4.98. The van der Waals surface area contributed by atoms with E-state index < -0.39 is 0 Å². The molecule has 0 saturated carbocycles. The van der Waals surface area contributed by atoms with Crippen LogP contribution in [0.4, 0.5) is 0 Å². The lowest BCUT2D eigenvalue weighted by Gasteiger charge is -2.05. The van der Waals surface area contributed by atoms with Crippen LogP contribution in [-0.4, -0.2) is 14.8 Å². The van der Waals surface area contributed by atoms with Crippen molar-refractivity contribution in [1.29, 1.82) is 0 Å². The normalized spacial score (nSPS) is 11.2. The molecule has 0 N–H and O–H groups in total. The Hall–Kier alpha value is -2.68. The van der Waals surface area contributed by atoms with E-state index in [0.29, 0.717) is 0 Å². The van der Waals surface area contributed by atoms with Gasteiger partial charge in [-0.2, -0.15) is 5.10 Å². The molecular weight excluding hydrogens is 246 g/mol. The standard InChI is InChI=1S/C17H13N3/c1-20-17-9-14(4-5-15(17)11-19-20)13-3-2-12-6-7-18-10-16(12)8-13/h2-11H,1H3. The number of hydrogen-bond acceptors (Lipinski definition) is 2. The molecule has 0 aliphatic rings. The van der Waals surface area contributed by atoms with Crippen LogP contribution < -0.4 is 0 Å². The first-order valence-electron chi connectivity index (χ1n) is 6.57. The van der Waals surface area contributed by atoms with Gasteiger partial charge in [0.05, 0.1) is 11.7 Å². The average molecular weight is 259 g/mol. The lowest BCUT2D eigenvalue weighted by atomic mass is 10.0. The highest BCUT2D eigenvalue weighted by Gasteiger charge is 2.04. The summed E-state index contributed by atoms with van der Waals surface area (Å²) >= 11 is 0. The van der Waals surface area contributed by atoms with Crippen LogP contribution in [0.5, 0.6) is 0 Å². The van der Waals surface area contributed by atoms with Crippen LogP contribution in [0.25, 0.3) is 32.8 Å². The van der Waals surface area contributed by atoms with Crippen LogP contribution in [0.15, 0.2) is 61.1 Å². The van der Waals surface area contributed by atoms with E-state index >= 15 is 0 Å². The summed E-state index contributed by atoms with van der Waals surface area (Å²) in [7, 11) is 1.97. The Morgan fingerprint density at radius 2 is 1.60 bits per heavy atom. The summed E-state index contributed by atoms with van der Waals surface area (Å²) in [6.45, 7) is 0. The maximum absolute atomic E-state index is 4.29. The maximum Gasteiger partial charge on any atom is 0.0685 e. The van der Waals surface area contributed by atoms with E-state index in [1.54, 1.807) is 0 Å². The van der Waals surface area contributed by atoms with Gasteiger partial charge in [-0.25, -0.2) is 0 Å². The van der Waals surface area contributed by atoms with Gasteiger partial charge in [0.25, 0.3) is 0 Å². The third-order valence-corrected chi connectivity index (χ3v) is 3.72. The summed E-state index contributed by atoms with van der Waals surface area (Å²) in [5, 5.41) is 7.83. The van der Waals surface area contributed by atoms with Gasteiger partial charge in [0, 0.05) is 30.2 Å².